The molecule has 0 radical (unpaired) electrons. The fourth-order valence-corrected chi connectivity index (χ4v) is 3.05. The normalized spacial score (nSPS) is 20.0. The van der Waals surface area contributed by atoms with Gasteiger partial charge < -0.3 is 15.4 Å². The molecular formula is C18H19FN4O2. The van der Waals surface area contributed by atoms with Crippen molar-refractivity contribution in [1.82, 2.24) is 9.97 Å². The zero-order valence-corrected chi connectivity index (χ0v) is 13.6. The van der Waals surface area contributed by atoms with Crippen molar-refractivity contribution in [3.8, 4) is 6.07 Å². The summed E-state index contributed by atoms with van der Waals surface area (Å²) < 4.78 is 13.8. The van der Waals surface area contributed by atoms with Crippen LogP contribution in [0.2, 0.25) is 0 Å². The van der Waals surface area contributed by atoms with E-state index in [9.17, 15) is 19.6 Å². The average molecular weight is 342 g/mol. The molecule has 3 N–H and O–H groups in total. The third kappa shape index (κ3) is 4.03. The molecule has 0 bridgehead atoms. The Morgan fingerprint density at radius 2 is 2.04 bits per heavy atom. The molecule has 1 aliphatic rings. The molecule has 0 atom stereocenters. The number of nitrogens with zero attached hydrogens (tertiary/aromatic N) is 2. The van der Waals surface area contributed by atoms with Gasteiger partial charge in [-0.05, 0) is 37.3 Å². The zero-order valence-electron chi connectivity index (χ0n) is 13.6. The van der Waals surface area contributed by atoms with E-state index in [0.717, 1.165) is 12.8 Å². The monoisotopic (exact) mass is 342 g/mol. The Hall–Kier alpha value is -2.72. The van der Waals surface area contributed by atoms with Crippen LogP contribution in [0, 0.1) is 17.1 Å². The Labute approximate surface area is 144 Å². The lowest BCUT2D eigenvalue weighted by atomic mass is 9.93. The highest BCUT2D eigenvalue weighted by molar-refractivity contribution is 5.51. The van der Waals surface area contributed by atoms with Gasteiger partial charge in [-0.15, -0.1) is 0 Å². The fraction of sp³-hybridized carbons (Fsp3) is 0.389. The van der Waals surface area contributed by atoms with Crippen LogP contribution < -0.4 is 10.9 Å². The topological polar surface area (TPSA) is 102 Å². The highest BCUT2D eigenvalue weighted by Crippen LogP contribution is 2.22. The van der Waals surface area contributed by atoms with E-state index >= 15 is 0 Å². The molecule has 3 rings (SSSR count). The summed E-state index contributed by atoms with van der Waals surface area (Å²) in [7, 11) is 0. The molecule has 7 heteroatoms. The summed E-state index contributed by atoms with van der Waals surface area (Å²) in [5.74, 6) is 0.150. The standard InChI is InChI=1S/C18H19FN4O2/c19-15-4-2-1-3-11(15)9-16-22-17(14(10-20)18(25)23-16)21-12-5-7-13(24)8-6-12/h1-4,12-13,24H,5-9H2,(H2,21,22,23,25). The fourth-order valence-electron chi connectivity index (χ4n) is 3.05. The van der Waals surface area contributed by atoms with Crippen LogP contribution in [0.1, 0.15) is 42.6 Å². The van der Waals surface area contributed by atoms with Crippen molar-refractivity contribution in [2.45, 2.75) is 44.2 Å². The van der Waals surface area contributed by atoms with Crippen LogP contribution in [0.4, 0.5) is 10.2 Å². The van der Waals surface area contributed by atoms with E-state index in [1.54, 1.807) is 18.2 Å². The quantitative estimate of drug-likeness (QED) is 0.790. The molecule has 130 valence electrons. The lowest BCUT2D eigenvalue weighted by molar-refractivity contribution is 0.126. The number of hydrogen-bond donors (Lipinski definition) is 3. The van der Waals surface area contributed by atoms with Crippen LogP contribution in [-0.4, -0.2) is 27.2 Å². The van der Waals surface area contributed by atoms with Gasteiger partial charge in [0.05, 0.1) is 6.10 Å². The minimum atomic E-state index is -0.540. The lowest BCUT2D eigenvalue weighted by Gasteiger charge is -2.26. The summed E-state index contributed by atoms with van der Waals surface area (Å²) in [5, 5.41) is 22.0. The van der Waals surface area contributed by atoms with Crippen molar-refractivity contribution >= 4 is 5.82 Å². The van der Waals surface area contributed by atoms with Crippen LogP contribution in [-0.2, 0) is 6.42 Å². The van der Waals surface area contributed by atoms with Gasteiger partial charge in [-0.1, -0.05) is 18.2 Å². The summed E-state index contributed by atoms with van der Waals surface area (Å²) in [6, 6.07) is 8.21. The van der Waals surface area contributed by atoms with E-state index in [1.807, 2.05) is 6.07 Å². The van der Waals surface area contributed by atoms with Gasteiger partial charge >= 0.3 is 0 Å². The van der Waals surface area contributed by atoms with Crippen molar-refractivity contribution in [2.24, 2.45) is 0 Å². The maximum Gasteiger partial charge on any atom is 0.271 e. The number of aromatic amines is 1. The summed E-state index contributed by atoms with van der Waals surface area (Å²) >= 11 is 0. The van der Waals surface area contributed by atoms with E-state index in [1.165, 1.54) is 6.07 Å². The Morgan fingerprint density at radius 1 is 1.32 bits per heavy atom. The number of benzene rings is 1. The van der Waals surface area contributed by atoms with Gasteiger partial charge in [0.25, 0.3) is 5.56 Å². The molecule has 0 saturated heterocycles. The minimum Gasteiger partial charge on any atom is -0.393 e. The van der Waals surface area contributed by atoms with Crippen molar-refractivity contribution in [1.29, 1.82) is 5.26 Å². The second kappa shape index (κ2) is 7.45. The molecule has 25 heavy (non-hydrogen) atoms. The molecule has 0 aliphatic heterocycles. The number of halogens is 1. The highest BCUT2D eigenvalue weighted by Gasteiger charge is 2.22. The second-order valence-electron chi connectivity index (χ2n) is 6.27. The Kier molecular flexibility index (Phi) is 5.10. The maximum atomic E-state index is 13.8. The number of nitrogens with one attached hydrogen (secondary N) is 2. The maximum absolute atomic E-state index is 13.8. The molecule has 1 aliphatic carbocycles. The molecule has 0 spiro atoms. The van der Waals surface area contributed by atoms with Crippen LogP contribution in [0.15, 0.2) is 29.1 Å². The third-order valence-corrected chi connectivity index (χ3v) is 4.43. The molecule has 6 nitrogen and oxygen atoms in total. The third-order valence-electron chi connectivity index (χ3n) is 4.43. The first kappa shape index (κ1) is 17.1. The molecule has 1 saturated carbocycles. The van der Waals surface area contributed by atoms with Crippen LogP contribution in [0.5, 0.6) is 0 Å². The lowest BCUT2D eigenvalue weighted by Crippen LogP contribution is -2.30. The van der Waals surface area contributed by atoms with Crippen molar-refractivity contribution in [3.63, 3.8) is 0 Å². The Balaban J connectivity index is 1.86. The summed E-state index contributed by atoms with van der Waals surface area (Å²) in [4.78, 5) is 19.1. The number of aliphatic hydroxyl groups is 1. The Bertz CT molecular complexity index is 851. The first-order chi connectivity index (χ1) is 12.1. The van der Waals surface area contributed by atoms with Crippen molar-refractivity contribution in [3.05, 3.63) is 57.4 Å². The average Bonchev–Trinajstić information content (AvgIpc) is 2.59. The number of hydrogen-bond acceptors (Lipinski definition) is 5. The van der Waals surface area contributed by atoms with E-state index < -0.39 is 5.56 Å². The zero-order chi connectivity index (χ0) is 17.8. The smallest absolute Gasteiger partial charge is 0.271 e. The van der Waals surface area contributed by atoms with E-state index in [4.69, 9.17) is 0 Å². The first-order valence-electron chi connectivity index (χ1n) is 8.28. The minimum absolute atomic E-state index is 0.0473. The predicted molar refractivity (Wildman–Crippen MR) is 90.7 cm³/mol. The molecule has 1 fully saturated rings. The summed E-state index contributed by atoms with van der Waals surface area (Å²) in [5.41, 5.74) is -0.201. The number of nitriles is 1. The van der Waals surface area contributed by atoms with E-state index in [0.29, 0.717) is 24.2 Å². The number of anilines is 1. The Morgan fingerprint density at radius 3 is 2.72 bits per heavy atom. The molecule has 1 aromatic carbocycles. The van der Waals surface area contributed by atoms with Gasteiger partial charge in [-0.2, -0.15) is 5.26 Å². The van der Waals surface area contributed by atoms with Crippen molar-refractivity contribution < 1.29 is 9.50 Å². The highest BCUT2D eigenvalue weighted by atomic mass is 19.1. The predicted octanol–water partition coefficient (Wildman–Crippen LogP) is 2.09. The van der Waals surface area contributed by atoms with E-state index in [2.05, 4.69) is 15.3 Å². The largest absolute Gasteiger partial charge is 0.393 e. The van der Waals surface area contributed by atoms with Crippen LogP contribution >= 0.6 is 0 Å². The summed E-state index contributed by atoms with van der Waals surface area (Å²) in [6.07, 6.45) is 2.66. The van der Waals surface area contributed by atoms with Gasteiger partial charge in [-0.25, -0.2) is 9.37 Å². The van der Waals surface area contributed by atoms with Gasteiger partial charge in [0.2, 0.25) is 0 Å². The molecule has 1 aromatic heterocycles. The van der Waals surface area contributed by atoms with Gasteiger partial charge in [0.15, 0.2) is 11.4 Å². The summed E-state index contributed by atoms with van der Waals surface area (Å²) in [6.45, 7) is 0. The first-order valence-corrected chi connectivity index (χ1v) is 8.28. The molecular weight excluding hydrogens is 323 g/mol. The van der Waals surface area contributed by atoms with Gasteiger partial charge in [0.1, 0.15) is 17.7 Å². The number of rotatable bonds is 4. The van der Waals surface area contributed by atoms with Gasteiger partial charge in [-0.3, -0.25) is 4.79 Å². The number of aromatic nitrogens is 2. The molecule has 0 amide bonds. The number of H-pyrrole nitrogens is 1. The second-order valence-corrected chi connectivity index (χ2v) is 6.27. The van der Waals surface area contributed by atoms with E-state index in [-0.39, 0.29) is 35.8 Å². The number of aliphatic hydroxyl groups excluding tert-OH is 1. The molecule has 0 unspecified atom stereocenters. The SMILES string of the molecule is N#Cc1c(NC2CCC(O)CC2)nc(Cc2ccccc2F)[nH]c1=O. The van der Waals surface area contributed by atoms with Crippen molar-refractivity contribution in [2.75, 3.05) is 5.32 Å². The van der Waals surface area contributed by atoms with Crippen LogP contribution in [0.25, 0.3) is 0 Å². The van der Waals surface area contributed by atoms with Crippen LogP contribution in [0.3, 0.4) is 0 Å². The van der Waals surface area contributed by atoms with Gasteiger partial charge in [0, 0.05) is 12.5 Å². The molecule has 2 aromatic rings. The molecule has 1 heterocycles.